The normalized spacial score (nSPS) is 15.8. The Morgan fingerprint density at radius 3 is 2.00 bits per heavy atom. The summed E-state index contributed by atoms with van der Waals surface area (Å²) in [6.45, 7) is 11.8. The Balaban J connectivity index is 4.36. The fourth-order valence-electron chi connectivity index (χ4n) is 1.49. The molecule has 0 aliphatic carbocycles. The minimum atomic E-state index is -0.450. The molecule has 0 aliphatic heterocycles. The molecule has 4 nitrogen and oxygen atoms in total. The topological polar surface area (TPSA) is 50.4 Å². The molecule has 0 aromatic rings. The third kappa shape index (κ3) is 5.95. The van der Waals surface area contributed by atoms with E-state index in [-0.39, 0.29) is 18.2 Å². The van der Waals surface area contributed by atoms with Crippen molar-refractivity contribution in [1.29, 1.82) is 0 Å². The van der Waals surface area contributed by atoms with E-state index in [4.69, 9.17) is 4.74 Å². The van der Waals surface area contributed by atoms with Crippen LogP contribution in [0, 0.1) is 5.92 Å². The van der Waals surface area contributed by atoms with Crippen LogP contribution in [0.25, 0.3) is 0 Å². The highest BCUT2D eigenvalue weighted by Gasteiger charge is 2.24. The molecule has 96 valence electrons. The van der Waals surface area contributed by atoms with E-state index >= 15 is 0 Å². The van der Waals surface area contributed by atoms with Gasteiger partial charge in [0, 0.05) is 12.1 Å². The van der Waals surface area contributed by atoms with Gasteiger partial charge in [0.15, 0.2) is 0 Å². The molecule has 0 saturated heterocycles. The lowest BCUT2D eigenvalue weighted by Gasteiger charge is -2.29. The van der Waals surface area contributed by atoms with Crippen LogP contribution in [-0.2, 0) is 4.74 Å². The monoisotopic (exact) mass is 230 g/mol. The zero-order valence-electron chi connectivity index (χ0n) is 11.5. The van der Waals surface area contributed by atoms with Crippen LogP contribution in [0.3, 0.4) is 0 Å². The molecule has 0 radical (unpaired) electrons. The molecule has 0 aromatic carbocycles. The Morgan fingerprint density at radius 2 is 1.69 bits per heavy atom. The maximum atomic E-state index is 11.6. The minimum absolute atomic E-state index is 0.0693. The van der Waals surface area contributed by atoms with Crippen molar-refractivity contribution in [2.45, 2.75) is 59.2 Å². The molecule has 16 heavy (non-hydrogen) atoms. The summed E-state index contributed by atoms with van der Waals surface area (Å²) in [6, 6.07) is 0.285. The first-order valence-corrected chi connectivity index (χ1v) is 5.84. The first-order valence-electron chi connectivity index (χ1n) is 5.84. The first kappa shape index (κ1) is 15.2. The van der Waals surface area contributed by atoms with Crippen LogP contribution < -0.4 is 10.6 Å². The van der Waals surface area contributed by atoms with Gasteiger partial charge in [0.25, 0.3) is 0 Å². The third-order valence-corrected chi connectivity index (χ3v) is 2.40. The number of ether oxygens (including phenoxy) is 1. The van der Waals surface area contributed by atoms with E-state index in [2.05, 4.69) is 24.5 Å². The van der Waals surface area contributed by atoms with Crippen LogP contribution in [0.2, 0.25) is 0 Å². The van der Waals surface area contributed by atoms with E-state index in [1.807, 2.05) is 34.7 Å². The molecule has 0 saturated carbocycles. The number of amides is 1. The van der Waals surface area contributed by atoms with E-state index in [0.717, 1.165) is 0 Å². The van der Waals surface area contributed by atoms with Crippen LogP contribution in [0.1, 0.15) is 41.5 Å². The predicted molar refractivity (Wildman–Crippen MR) is 66.5 cm³/mol. The van der Waals surface area contributed by atoms with Gasteiger partial charge < -0.3 is 15.4 Å². The maximum Gasteiger partial charge on any atom is 0.407 e. The van der Waals surface area contributed by atoms with Gasteiger partial charge in [-0.05, 0) is 40.7 Å². The summed E-state index contributed by atoms with van der Waals surface area (Å²) in [6.07, 6.45) is -0.353. The number of hydrogen-bond donors (Lipinski definition) is 2. The SMILES string of the molecule is CN[C@H](C)[C@@H](NC(=O)OC(C)(C)C)C(C)C. The quantitative estimate of drug-likeness (QED) is 0.778. The summed E-state index contributed by atoms with van der Waals surface area (Å²) in [7, 11) is 1.89. The number of carbonyl (C=O) groups excluding carboxylic acids is 1. The smallest absolute Gasteiger partial charge is 0.407 e. The second-order valence-electron chi connectivity index (χ2n) is 5.49. The van der Waals surface area contributed by atoms with Gasteiger partial charge in [0.05, 0.1) is 0 Å². The van der Waals surface area contributed by atoms with Crippen molar-refractivity contribution in [2.75, 3.05) is 7.05 Å². The van der Waals surface area contributed by atoms with E-state index in [9.17, 15) is 4.79 Å². The van der Waals surface area contributed by atoms with Crippen molar-refractivity contribution in [2.24, 2.45) is 5.92 Å². The van der Waals surface area contributed by atoms with Crippen molar-refractivity contribution in [1.82, 2.24) is 10.6 Å². The lowest BCUT2D eigenvalue weighted by Crippen LogP contribution is -2.51. The zero-order chi connectivity index (χ0) is 12.9. The molecule has 4 heteroatoms. The molecule has 0 aromatic heterocycles. The van der Waals surface area contributed by atoms with E-state index in [1.165, 1.54) is 0 Å². The van der Waals surface area contributed by atoms with Crippen molar-refractivity contribution in [3.8, 4) is 0 Å². The lowest BCUT2D eigenvalue weighted by atomic mass is 9.98. The summed E-state index contributed by atoms with van der Waals surface area (Å²) in [4.78, 5) is 11.6. The number of carbonyl (C=O) groups is 1. The zero-order valence-corrected chi connectivity index (χ0v) is 11.5. The Bertz CT molecular complexity index is 222. The molecule has 1 amide bonds. The van der Waals surface area contributed by atoms with Gasteiger partial charge in [0.1, 0.15) is 5.60 Å². The summed E-state index contributed by atoms with van der Waals surface area (Å²) in [5.74, 6) is 0.356. The molecule has 0 spiro atoms. The third-order valence-electron chi connectivity index (χ3n) is 2.40. The van der Waals surface area contributed by atoms with Gasteiger partial charge in [-0.1, -0.05) is 13.8 Å². The van der Waals surface area contributed by atoms with Crippen LogP contribution in [0.15, 0.2) is 0 Å². The van der Waals surface area contributed by atoms with Crippen LogP contribution in [0.4, 0.5) is 4.79 Å². The largest absolute Gasteiger partial charge is 0.444 e. The van der Waals surface area contributed by atoms with Gasteiger partial charge in [-0.2, -0.15) is 0 Å². The van der Waals surface area contributed by atoms with Gasteiger partial charge in [-0.15, -0.1) is 0 Å². The highest BCUT2D eigenvalue weighted by molar-refractivity contribution is 5.68. The molecule has 0 bridgehead atoms. The summed E-state index contributed by atoms with van der Waals surface area (Å²) < 4.78 is 5.24. The molecule has 0 rings (SSSR count). The van der Waals surface area contributed by atoms with Crippen molar-refractivity contribution >= 4 is 6.09 Å². The number of nitrogens with one attached hydrogen (secondary N) is 2. The molecule has 2 N–H and O–H groups in total. The molecule has 0 fully saturated rings. The van der Waals surface area contributed by atoms with Crippen molar-refractivity contribution in [3.63, 3.8) is 0 Å². The second kappa shape index (κ2) is 6.09. The molecular weight excluding hydrogens is 204 g/mol. The average molecular weight is 230 g/mol. The summed E-state index contributed by atoms with van der Waals surface area (Å²) in [5, 5.41) is 6.04. The van der Waals surface area contributed by atoms with Gasteiger partial charge in [0.2, 0.25) is 0 Å². The molecular formula is C12H26N2O2. The van der Waals surface area contributed by atoms with Crippen LogP contribution in [0.5, 0.6) is 0 Å². The van der Waals surface area contributed by atoms with Crippen LogP contribution in [-0.4, -0.2) is 30.8 Å². The Hall–Kier alpha value is -0.770. The fraction of sp³-hybridized carbons (Fsp3) is 0.917. The molecule has 2 atom stereocenters. The highest BCUT2D eigenvalue weighted by Crippen LogP contribution is 2.10. The predicted octanol–water partition coefficient (Wildman–Crippen LogP) is 2.14. The number of likely N-dealkylation sites (N-methyl/N-ethyl adjacent to an activating group) is 1. The van der Waals surface area contributed by atoms with Gasteiger partial charge in [-0.3, -0.25) is 0 Å². The van der Waals surface area contributed by atoms with E-state index in [1.54, 1.807) is 0 Å². The Labute approximate surface area is 99.1 Å². The minimum Gasteiger partial charge on any atom is -0.444 e. The van der Waals surface area contributed by atoms with E-state index < -0.39 is 5.60 Å². The van der Waals surface area contributed by atoms with Crippen LogP contribution >= 0.6 is 0 Å². The molecule has 0 aliphatic rings. The highest BCUT2D eigenvalue weighted by atomic mass is 16.6. The van der Waals surface area contributed by atoms with E-state index in [0.29, 0.717) is 5.92 Å². The summed E-state index contributed by atoms with van der Waals surface area (Å²) >= 11 is 0. The number of alkyl carbamates (subject to hydrolysis) is 1. The standard InChI is InChI=1S/C12H26N2O2/c1-8(2)10(9(3)13-7)14-11(15)16-12(4,5)6/h8-10,13H,1-7H3,(H,14,15)/t9-,10+/m1/s1. The Morgan fingerprint density at radius 1 is 1.19 bits per heavy atom. The lowest BCUT2D eigenvalue weighted by molar-refractivity contribution is 0.0478. The maximum absolute atomic E-state index is 11.6. The first-order chi connectivity index (χ1) is 7.17. The molecule has 0 unspecified atom stereocenters. The van der Waals surface area contributed by atoms with Gasteiger partial charge >= 0.3 is 6.09 Å². The average Bonchev–Trinajstić information content (AvgIpc) is 2.09. The molecule has 0 heterocycles. The second-order valence-corrected chi connectivity index (χ2v) is 5.49. The summed E-state index contributed by atoms with van der Waals surface area (Å²) in [5.41, 5.74) is -0.450. The number of hydrogen-bond acceptors (Lipinski definition) is 3. The van der Waals surface area contributed by atoms with Gasteiger partial charge in [-0.25, -0.2) is 4.79 Å². The fourth-order valence-corrected chi connectivity index (χ4v) is 1.49. The Kier molecular flexibility index (Phi) is 5.79. The van der Waals surface area contributed by atoms with Crippen molar-refractivity contribution in [3.05, 3.63) is 0 Å². The number of rotatable bonds is 4. The van der Waals surface area contributed by atoms with Crippen molar-refractivity contribution < 1.29 is 9.53 Å².